The van der Waals surface area contributed by atoms with E-state index in [1.807, 2.05) is 43.3 Å². The molecule has 0 unspecified atom stereocenters. The van der Waals surface area contributed by atoms with Gasteiger partial charge in [0.25, 0.3) is 5.91 Å². The zero-order valence-corrected chi connectivity index (χ0v) is 17.4. The Morgan fingerprint density at radius 1 is 1.06 bits per heavy atom. The van der Waals surface area contributed by atoms with Gasteiger partial charge in [-0.15, -0.1) is 0 Å². The van der Waals surface area contributed by atoms with Gasteiger partial charge in [-0.1, -0.05) is 30.3 Å². The van der Waals surface area contributed by atoms with Gasteiger partial charge in [-0.3, -0.25) is 9.78 Å². The Balaban J connectivity index is 1.53. The van der Waals surface area contributed by atoms with Crippen LogP contribution in [0.3, 0.4) is 0 Å². The number of hydrogen-bond donors (Lipinski definition) is 1. The Bertz CT molecular complexity index is 1000. The molecule has 3 aromatic rings. The van der Waals surface area contributed by atoms with Crippen molar-refractivity contribution in [3.8, 4) is 11.5 Å². The van der Waals surface area contributed by atoms with E-state index in [1.165, 1.54) is 6.20 Å². The monoisotopic (exact) mass is 419 g/mol. The van der Waals surface area contributed by atoms with Crippen LogP contribution in [0.4, 0.5) is 5.82 Å². The second-order valence-electron chi connectivity index (χ2n) is 7.39. The van der Waals surface area contributed by atoms with E-state index in [1.54, 1.807) is 18.3 Å². The SMILES string of the molecule is Cc1cnc(NC(=O)c2cc(OCc3ccccc3)cc(OC3CCOCC3)c2)cn1. The van der Waals surface area contributed by atoms with Crippen LogP contribution in [0.5, 0.6) is 11.5 Å². The highest BCUT2D eigenvalue weighted by Gasteiger charge is 2.18. The van der Waals surface area contributed by atoms with Gasteiger partial charge in [0, 0.05) is 24.5 Å². The van der Waals surface area contributed by atoms with Crippen LogP contribution in [0.15, 0.2) is 60.9 Å². The fourth-order valence-electron chi connectivity index (χ4n) is 3.23. The minimum atomic E-state index is -0.305. The summed E-state index contributed by atoms with van der Waals surface area (Å²) in [6, 6.07) is 15.1. The van der Waals surface area contributed by atoms with Crippen molar-refractivity contribution in [3.63, 3.8) is 0 Å². The Morgan fingerprint density at radius 3 is 2.58 bits per heavy atom. The standard InChI is InChI=1S/C24H25N3O4/c1-17-14-26-23(15-25-17)27-24(28)19-11-21(30-16-18-5-3-2-4-6-18)13-22(12-19)31-20-7-9-29-10-8-20/h2-6,11-15,20H,7-10,16H2,1H3,(H,26,27,28). The molecule has 1 aromatic heterocycles. The van der Waals surface area contributed by atoms with Crippen molar-refractivity contribution in [1.29, 1.82) is 0 Å². The van der Waals surface area contributed by atoms with Crippen LogP contribution in [0.2, 0.25) is 0 Å². The maximum Gasteiger partial charge on any atom is 0.257 e. The maximum absolute atomic E-state index is 12.9. The molecule has 1 N–H and O–H groups in total. The topological polar surface area (TPSA) is 82.6 Å². The van der Waals surface area contributed by atoms with E-state index in [0.29, 0.717) is 42.7 Å². The van der Waals surface area contributed by atoms with Crippen molar-refractivity contribution < 1.29 is 19.0 Å². The van der Waals surface area contributed by atoms with E-state index in [0.717, 1.165) is 24.1 Å². The van der Waals surface area contributed by atoms with Gasteiger partial charge in [0.2, 0.25) is 0 Å². The lowest BCUT2D eigenvalue weighted by Gasteiger charge is -2.24. The molecule has 0 saturated carbocycles. The van der Waals surface area contributed by atoms with Crippen LogP contribution in [-0.2, 0) is 11.3 Å². The van der Waals surface area contributed by atoms with Crippen LogP contribution >= 0.6 is 0 Å². The number of ether oxygens (including phenoxy) is 3. The summed E-state index contributed by atoms with van der Waals surface area (Å²) in [6.45, 7) is 3.58. The van der Waals surface area contributed by atoms with Crippen molar-refractivity contribution >= 4 is 11.7 Å². The van der Waals surface area contributed by atoms with E-state index < -0.39 is 0 Å². The van der Waals surface area contributed by atoms with Crippen molar-refractivity contribution in [2.24, 2.45) is 0 Å². The number of benzene rings is 2. The molecule has 1 fully saturated rings. The summed E-state index contributed by atoms with van der Waals surface area (Å²) in [6.07, 6.45) is 4.82. The smallest absolute Gasteiger partial charge is 0.257 e. The molecule has 4 rings (SSSR count). The highest BCUT2D eigenvalue weighted by Crippen LogP contribution is 2.27. The van der Waals surface area contributed by atoms with Crippen molar-refractivity contribution in [2.45, 2.75) is 32.5 Å². The first-order valence-corrected chi connectivity index (χ1v) is 10.3. The molecule has 0 bridgehead atoms. The van der Waals surface area contributed by atoms with Gasteiger partial charge in [0.05, 0.1) is 31.3 Å². The summed E-state index contributed by atoms with van der Waals surface area (Å²) in [5.41, 5.74) is 2.25. The quantitative estimate of drug-likeness (QED) is 0.619. The van der Waals surface area contributed by atoms with Crippen LogP contribution < -0.4 is 14.8 Å². The first-order valence-electron chi connectivity index (χ1n) is 10.3. The third-order valence-corrected chi connectivity index (χ3v) is 4.88. The van der Waals surface area contributed by atoms with Gasteiger partial charge in [0.15, 0.2) is 5.82 Å². The molecular weight excluding hydrogens is 394 g/mol. The number of rotatable bonds is 7. The number of anilines is 1. The van der Waals surface area contributed by atoms with Gasteiger partial charge in [-0.25, -0.2) is 4.98 Å². The molecule has 1 saturated heterocycles. The van der Waals surface area contributed by atoms with Gasteiger partial charge in [0.1, 0.15) is 24.2 Å². The molecule has 2 aromatic carbocycles. The zero-order valence-electron chi connectivity index (χ0n) is 17.4. The van der Waals surface area contributed by atoms with Gasteiger partial charge < -0.3 is 19.5 Å². The minimum Gasteiger partial charge on any atom is -0.490 e. The summed E-state index contributed by atoms with van der Waals surface area (Å²) < 4.78 is 17.5. The van der Waals surface area contributed by atoms with Gasteiger partial charge in [-0.05, 0) is 24.6 Å². The van der Waals surface area contributed by atoms with Crippen molar-refractivity contribution in [2.75, 3.05) is 18.5 Å². The van der Waals surface area contributed by atoms with Crippen LogP contribution in [0.25, 0.3) is 0 Å². The number of carbonyl (C=O) groups excluding carboxylic acids is 1. The number of amides is 1. The highest BCUT2D eigenvalue weighted by atomic mass is 16.5. The second kappa shape index (κ2) is 10.0. The summed E-state index contributed by atoms with van der Waals surface area (Å²) in [5.74, 6) is 1.24. The van der Waals surface area contributed by atoms with Crippen molar-refractivity contribution in [1.82, 2.24) is 9.97 Å². The normalized spacial score (nSPS) is 14.1. The summed E-state index contributed by atoms with van der Waals surface area (Å²) in [4.78, 5) is 21.2. The fraction of sp³-hybridized carbons (Fsp3) is 0.292. The molecule has 160 valence electrons. The second-order valence-corrected chi connectivity index (χ2v) is 7.39. The number of hydrogen-bond acceptors (Lipinski definition) is 6. The lowest BCUT2D eigenvalue weighted by atomic mass is 10.1. The Labute approximate surface area is 181 Å². The molecule has 2 heterocycles. The molecule has 1 aliphatic rings. The molecule has 0 radical (unpaired) electrons. The minimum absolute atomic E-state index is 0.0528. The summed E-state index contributed by atoms with van der Waals surface area (Å²) in [7, 11) is 0. The average Bonchev–Trinajstić information content (AvgIpc) is 2.80. The molecule has 31 heavy (non-hydrogen) atoms. The Hall–Kier alpha value is -3.45. The van der Waals surface area contributed by atoms with E-state index in [9.17, 15) is 4.79 Å². The number of aryl methyl sites for hydroxylation is 1. The lowest BCUT2D eigenvalue weighted by Crippen LogP contribution is -2.26. The lowest BCUT2D eigenvalue weighted by molar-refractivity contribution is 0.0254. The predicted octanol–water partition coefficient (Wildman–Crippen LogP) is 4.17. The molecule has 1 aliphatic heterocycles. The third-order valence-electron chi connectivity index (χ3n) is 4.88. The largest absolute Gasteiger partial charge is 0.490 e. The zero-order chi connectivity index (χ0) is 21.5. The molecule has 1 amide bonds. The number of nitrogens with zero attached hydrogens (tertiary/aromatic N) is 2. The molecule has 0 spiro atoms. The predicted molar refractivity (Wildman–Crippen MR) is 116 cm³/mol. The number of aromatic nitrogens is 2. The highest BCUT2D eigenvalue weighted by molar-refractivity contribution is 6.04. The van der Waals surface area contributed by atoms with Gasteiger partial charge >= 0.3 is 0 Å². The molecular formula is C24H25N3O4. The van der Waals surface area contributed by atoms with Crippen LogP contribution in [0.1, 0.15) is 34.5 Å². The molecule has 7 nitrogen and oxygen atoms in total. The number of carbonyl (C=O) groups is 1. The van der Waals surface area contributed by atoms with E-state index in [-0.39, 0.29) is 12.0 Å². The third kappa shape index (κ3) is 6.02. The van der Waals surface area contributed by atoms with Gasteiger partial charge in [-0.2, -0.15) is 0 Å². The van der Waals surface area contributed by atoms with E-state index in [2.05, 4.69) is 15.3 Å². The van der Waals surface area contributed by atoms with E-state index >= 15 is 0 Å². The molecule has 0 aliphatic carbocycles. The first-order chi connectivity index (χ1) is 15.2. The fourth-order valence-corrected chi connectivity index (χ4v) is 3.23. The van der Waals surface area contributed by atoms with Crippen molar-refractivity contribution in [3.05, 3.63) is 77.7 Å². The molecule has 0 atom stereocenters. The first kappa shape index (κ1) is 20.8. The Kier molecular flexibility index (Phi) is 6.74. The summed E-state index contributed by atoms with van der Waals surface area (Å²) in [5, 5.41) is 2.77. The van der Waals surface area contributed by atoms with Crippen LogP contribution in [0, 0.1) is 6.92 Å². The van der Waals surface area contributed by atoms with E-state index in [4.69, 9.17) is 14.2 Å². The summed E-state index contributed by atoms with van der Waals surface area (Å²) >= 11 is 0. The maximum atomic E-state index is 12.9. The number of nitrogens with one attached hydrogen (secondary N) is 1. The average molecular weight is 419 g/mol. The van der Waals surface area contributed by atoms with Crippen LogP contribution in [-0.4, -0.2) is 35.2 Å². The Morgan fingerprint density at radius 2 is 1.84 bits per heavy atom. The molecule has 7 heteroatoms.